The second kappa shape index (κ2) is 5.94. The first-order valence-electron chi connectivity index (χ1n) is 3.93. The molecular formula is C10H13NO2. The van der Waals surface area contributed by atoms with E-state index in [0.29, 0.717) is 18.4 Å². The van der Waals surface area contributed by atoms with Crippen molar-refractivity contribution >= 4 is 12.3 Å². The van der Waals surface area contributed by atoms with Crippen LogP contribution in [-0.2, 0) is 9.59 Å². The Bertz CT molecular complexity index is 264. The maximum Gasteiger partial charge on any atom is 0.257 e. The van der Waals surface area contributed by atoms with Crippen molar-refractivity contribution < 1.29 is 9.59 Å². The Morgan fingerprint density at radius 2 is 2.00 bits per heavy atom. The van der Waals surface area contributed by atoms with Gasteiger partial charge in [-0.05, 0) is 12.0 Å². The summed E-state index contributed by atoms with van der Waals surface area (Å²) in [6.07, 6.45) is 4.03. The minimum absolute atomic E-state index is 0.349. The molecule has 1 N–H and O–H groups in total. The molecule has 0 heterocycles. The number of rotatable bonds is 5. The first-order valence-corrected chi connectivity index (χ1v) is 3.93. The molecule has 0 aliphatic heterocycles. The van der Waals surface area contributed by atoms with Crippen molar-refractivity contribution in [2.45, 2.75) is 13.3 Å². The first kappa shape index (κ1) is 11.4. The maximum atomic E-state index is 11.2. The van der Waals surface area contributed by atoms with Crippen LogP contribution in [0.3, 0.4) is 0 Å². The molecule has 3 heteroatoms. The van der Waals surface area contributed by atoms with Crippen molar-refractivity contribution in [3.05, 3.63) is 36.5 Å². The number of allylic oxidation sites excluding steroid dienone is 2. The quantitative estimate of drug-likeness (QED) is 0.393. The van der Waals surface area contributed by atoms with Crippen LogP contribution in [0, 0.1) is 0 Å². The summed E-state index contributed by atoms with van der Waals surface area (Å²) in [4.78, 5) is 21.2. The molecule has 0 atom stereocenters. The van der Waals surface area contributed by atoms with E-state index < -0.39 is 5.91 Å². The van der Waals surface area contributed by atoms with Crippen LogP contribution in [0.4, 0.5) is 0 Å². The molecule has 0 aromatic rings. The van der Waals surface area contributed by atoms with Gasteiger partial charge in [0.1, 0.15) is 0 Å². The molecule has 0 aliphatic carbocycles. The van der Waals surface area contributed by atoms with Gasteiger partial charge in [-0.3, -0.25) is 14.9 Å². The third-order valence-electron chi connectivity index (χ3n) is 1.61. The number of imide groups is 1. The van der Waals surface area contributed by atoms with Gasteiger partial charge in [-0.1, -0.05) is 32.2 Å². The molecule has 3 nitrogen and oxygen atoms in total. The summed E-state index contributed by atoms with van der Waals surface area (Å²) >= 11 is 0. The lowest BCUT2D eigenvalue weighted by molar-refractivity contribution is -0.122. The standard InChI is InChI=1S/C10H13NO2/c1-4-8(5-2)9(6-3)10(13)11-7-12/h4,6-7H,1,3,5H2,2H3,(H,11,12,13)/b9-8-. The predicted molar refractivity (Wildman–Crippen MR) is 51.9 cm³/mol. The number of nitrogens with one attached hydrogen (secondary N) is 1. The average molecular weight is 179 g/mol. The molecule has 0 saturated heterocycles. The second-order valence-corrected chi connectivity index (χ2v) is 2.29. The summed E-state index contributed by atoms with van der Waals surface area (Å²) in [6.45, 7) is 8.97. The van der Waals surface area contributed by atoms with Crippen LogP contribution < -0.4 is 5.32 Å². The van der Waals surface area contributed by atoms with E-state index in [4.69, 9.17) is 0 Å². The molecule has 0 fully saturated rings. The largest absolute Gasteiger partial charge is 0.295 e. The van der Waals surface area contributed by atoms with E-state index in [-0.39, 0.29) is 0 Å². The minimum Gasteiger partial charge on any atom is -0.295 e. The van der Waals surface area contributed by atoms with Gasteiger partial charge in [0.25, 0.3) is 5.91 Å². The Morgan fingerprint density at radius 3 is 2.31 bits per heavy atom. The SMILES string of the molecule is C=C/C(CC)=C(\C=C)C(=O)NC=O. The highest BCUT2D eigenvalue weighted by molar-refractivity contribution is 6.02. The fraction of sp³-hybridized carbons (Fsp3) is 0.200. The van der Waals surface area contributed by atoms with Crippen LogP contribution in [-0.4, -0.2) is 12.3 Å². The normalized spacial score (nSPS) is 11.2. The third kappa shape index (κ3) is 3.07. The highest BCUT2D eigenvalue weighted by atomic mass is 16.2. The van der Waals surface area contributed by atoms with Crippen LogP contribution >= 0.6 is 0 Å². The van der Waals surface area contributed by atoms with E-state index in [9.17, 15) is 9.59 Å². The van der Waals surface area contributed by atoms with Gasteiger partial charge in [0.05, 0.1) is 0 Å². The predicted octanol–water partition coefficient (Wildman–Crippen LogP) is 1.34. The zero-order valence-electron chi connectivity index (χ0n) is 7.67. The summed E-state index contributed by atoms with van der Waals surface area (Å²) in [7, 11) is 0. The molecule has 0 unspecified atom stereocenters. The average Bonchev–Trinajstić information content (AvgIpc) is 2.14. The summed E-state index contributed by atoms with van der Waals surface area (Å²) in [5, 5.41) is 2.05. The van der Waals surface area contributed by atoms with Gasteiger partial charge in [0.2, 0.25) is 6.41 Å². The van der Waals surface area contributed by atoms with Crippen molar-refractivity contribution in [1.82, 2.24) is 5.32 Å². The minimum atomic E-state index is -0.443. The van der Waals surface area contributed by atoms with Crippen LogP contribution in [0.25, 0.3) is 0 Å². The van der Waals surface area contributed by atoms with Crippen molar-refractivity contribution in [2.24, 2.45) is 0 Å². The third-order valence-corrected chi connectivity index (χ3v) is 1.61. The fourth-order valence-electron chi connectivity index (χ4n) is 0.946. The van der Waals surface area contributed by atoms with Gasteiger partial charge >= 0.3 is 0 Å². The van der Waals surface area contributed by atoms with E-state index in [1.807, 2.05) is 12.2 Å². The van der Waals surface area contributed by atoms with Crippen LogP contribution in [0.1, 0.15) is 13.3 Å². The van der Waals surface area contributed by atoms with Gasteiger partial charge in [-0.25, -0.2) is 0 Å². The van der Waals surface area contributed by atoms with Gasteiger partial charge in [0, 0.05) is 5.57 Å². The molecule has 2 amide bonds. The first-order chi connectivity index (χ1) is 6.21. The molecule has 0 aromatic heterocycles. The maximum absolute atomic E-state index is 11.2. The highest BCUT2D eigenvalue weighted by Crippen LogP contribution is 2.10. The van der Waals surface area contributed by atoms with Gasteiger partial charge < -0.3 is 0 Å². The number of carbonyl (C=O) groups excluding carboxylic acids is 2. The molecule has 0 bridgehead atoms. The second-order valence-electron chi connectivity index (χ2n) is 2.29. The van der Waals surface area contributed by atoms with E-state index >= 15 is 0 Å². The van der Waals surface area contributed by atoms with Crippen LogP contribution in [0.2, 0.25) is 0 Å². The number of hydrogen-bond donors (Lipinski definition) is 1. The van der Waals surface area contributed by atoms with Crippen molar-refractivity contribution in [3.8, 4) is 0 Å². The lowest BCUT2D eigenvalue weighted by atomic mass is 10.1. The number of amides is 2. The zero-order chi connectivity index (χ0) is 10.3. The van der Waals surface area contributed by atoms with E-state index in [2.05, 4.69) is 13.2 Å². The Morgan fingerprint density at radius 1 is 1.38 bits per heavy atom. The van der Waals surface area contributed by atoms with E-state index in [1.54, 1.807) is 6.08 Å². The summed E-state index contributed by atoms with van der Waals surface area (Å²) < 4.78 is 0. The smallest absolute Gasteiger partial charge is 0.257 e. The molecule has 13 heavy (non-hydrogen) atoms. The van der Waals surface area contributed by atoms with Crippen molar-refractivity contribution in [2.75, 3.05) is 0 Å². The Balaban J connectivity index is 4.94. The molecule has 70 valence electrons. The highest BCUT2D eigenvalue weighted by Gasteiger charge is 2.07. The topological polar surface area (TPSA) is 46.2 Å². The van der Waals surface area contributed by atoms with E-state index in [0.717, 1.165) is 5.57 Å². The zero-order valence-corrected chi connectivity index (χ0v) is 7.67. The molecule has 0 spiro atoms. The molecule has 0 radical (unpaired) electrons. The monoisotopic (exact) mass is 179 g/mol. The molecule has 0 saturated carbocycles. The molecule has 0 aromatic carbocycles. The molecule has 0 rings (SSSR count). The van der Waals surface area contributed by atoms with Gasteiger partial charge in [-0.15, -0.1) is 0 Å². The summed E-state index contributed by atoms with van der Waals surface area (Å²) in [5.74, 6) is -0.443. The van der Waals surface area contributed by atoms with Gasteiger partial charge in [0.15, 0.2) is 0 Å². The van der Waals surface area contributed by atoms with Crippen molar-refractivity contribution in [1.29, 1.82) is 0 Å². The Kier molecular flexibility index (Phi) is 5.19. The van der Waals surface area contributed by atoms with Crippen LogP contribution in [0.5, 0.6) is 0 Å². The lowest BCUT2D eigenvalue weighted by Gasteiger charge is -2.04. The Labute approximate surface area is 77.8 Å². The van der Waals surface area contributed by atoms with Crippen molar-refractivity contribution in [3.63, 3.8) is 0 Å². The fourth-order valence-corrected chi connectivity index (χ4v) is 0.946. The van der Waals surface area contributed by atoms with Crippen LogP contribution in [0.15, 0.2) is 36.5 Å². The number of carbonyl (C=O) groups is 2. The van der Waals surface area contributed by atoms with Gasteiger partial charge in [-0.2, -0.15) is 0 Å². The number of hydrogen-bond acceptors (Lipinski definition) is 2. The van der Waals surface area contributed by atoms with E-state index in [1.165, 1.54) is 6.08 Å². The molecule has 0 aliphatic rings. The summed E-state index contributed by atoms with van der Waals surface area (Å²) in [6, 6.07) is 0. The summed E-state index contributed by atoms with van der Waals surface area (Å²) in [5.41, 5.74) is 1.17. The Hall–Kier alpha value is -1.64. The molecular weight excluding hydrogens is 166 g/mol. The lowest BCUT2D eigenvalue weighted by Crippen LogP contribution is -2.23.